The minimum Gasteiger partial charge on any atom is -0.393 e. The van der Waals surface area contributed by atoms with Gasteiger partial charge in [-0.05, 0) is 123 Å². The molecule has 11 atom stereocenters. The molecule has 7 fully saturated rings. The second kappa shape index (κ2) is 10.9. The minimum atomic E-state index is -0.835. The van der Waals surface area contributed by atoms with Crippen LogP contribution in [-0.4, -0.2) is 91.4 Å². The number of aliphatic hydroxyl groups is 2. The number of aliphatic hydroxyl groups excluding tert-OH is 1. The Labute approximate surface area is 260 Å². The Bertz CT molecular complexity index is 1030. The Balaban J connectivity index is 1.01. The van der Waals surface area contributed by atoms with E-state index in [1.165, 1.54) is 38.5 Å². The van der Waals surface area contributed by atoms with Gasteiger partial charge in [-0.1, -0.05) is 27.2 Å². The van der Waals surface area contributed by atoms with E-state index >= 15 is 0 Å². The van der Waals surface area contributed by atoms with Gasteiger partial charge >= 0.3 is 0 Å². The van der Waals surface area contributed by atoms with Crippen LogP contribution in [0.4, 0.5) is 0 Å². The van der Waals surface area contributed by atoms with Gasteiger partial charge in [0.25, 0.3) is 0 Å². The first-order valence-corrected chi connectivity index (χ1v) is 17.9. The van der Waals surface area contributed by atoms with Crippen molar-refractivity contribution < 1.29 is 29.2 Å². The van der Waals surface area contributed by atoms with Crippen LogP contribution in [0.1, 0.15) is 105 Å². The van der Waals surface area contributed by atoms with Crippen molar-refractivity contribution in [2.45, 2.75) is 141 Å². The van der Waals surface area contributed by atoms with Crippen molar-refractivity contribution in [3.8, 4) is 0 Å². The normalized spacial score (nSPS) is 48.4. The van der Waals surface area contributed by atoms with E-state index < -0.39 is 5.60 Å². The topological polar surface area (TPSA) is 80.6 Å². The molecule has 5 aliphatic carbocycles. The maximum Gasteiger partial charge on any atom is 0.170 e. The van der Waals surface area contributed by atoms with E-state index in [0.29, 0.717) is 34.6 Å². The third-order valence-corrected chi connectivity index (χ3v) is 15.0. The average Bonchev–Trinajstić information content (AvgIpc) is 3.51. The Kier molecular flexibility index (Phi) is 7.93. The molecule has 2 saturated heterocycles. The Morgan fingerprint density at radius 1 is 1.02 bits per heavy atom. The molecule has 2 heterocycles. The number of hydrogen-bond donors (Lipinski definition) is 2. The van der Waals surface area contributed by atoms with Gasteiger partial charge in [0.2, 0.25) is 0 Å². The number of nitrogens with zero attached hydrogens (tertiary/aromatic N) is 1. The summed E-state index contributed by atoms with van der Waals surface area (Å²) in [6.07, 6.45) is 12.8. The molecule has 7 nitrogen and oxygen atoms in total. The summed E-state index contributed by atoms with van der Waals surface area (Å²) in [6.45, 7) is 15.6. The van der Waals surface area contributed by atoms with Crippen LogP contribution in [0.25, 0.3) is 0 Å². The molecule has 5 saturated carbocycles. The second-order valence-electron chi connectivity index (χ2n) is 17.5. The zero-order valence-electron chi connectivity index (χ0n) is 28.0. The molecule has 0 amide bonds. The number of methoxy groups -OCH3 is 1. The van der Waals surface area contributed by atoms with Crippen molar-refractivity contribution in [1.29, 1.82) is 0 Å². The summed E-state index contributed by atoms with van der Waals surface area (Å²) in [5.41, 5.74) is 0.508. The Morgan fingerprint density at radius 2 is 1.81 bits per heavy atom. The number of rotatable bonds is 9. The van der Waals surface area contributed by atoms with E-state index in [4.69, 9.17) is 18.9 Å². The van der Waals surface area contributed by atoms with Crippen molar-refractivity contribution in [2.24, 2.45) is 45.3 Å². The summed E-state index contributed by atoms with van der Waals surface area (Å²) in [6, 6.07) is 0.542. The van der Waals surface area contributed by atoms with Gasteiger partial charge in [-0.25, -0.2) is 0 Å². The highest BCUT2D eigenvalue weighted by Crippen LogP contribution is 2.87. The Hall–Kier alpha value is -0.280. The molecule has 246 valence electrons. The lowest BCUT2D eigenvalue weighted by Crippen LogP contribution is -2.58. The van der Waals surface area contributed by atoms with Gasteiger partial charge < -0.3 is 29.2 Å². The smallest absolute Gasteiger partial charge is 0.170 e. The highest BCUT2D eigenvalue weighted by molar-refractivity contribution is 5.29. The van der Waals surface area contributed by atoms with Gasteiger partial charge in [-0.15, -0.1) is 0 Å². The van der Waals surface area contributed by atoms with E-state index in [1.807, 2.05) is 13.8 Å². The standard InChI is InChI=1S/C36H61NO6/c1-32(2)28-11-10-24-26-18-27(38)25(8-7-9-30(40-6)33(3,4)39)34(26,5)14-15-35(24)22-36(28,35)13-12-29(32)43-31-19-37(16-17-42-31)23-20-41-21-23/h23-31,38-39H,7-22H2,1-6H3/t24-,25-,26?,27+,28?,29-,30-,31?,34+,35-,36+/m0/s1. The molecular formula is C36H61NO6. The molecule has 0 bridgehead atoms. The first-order chi connectivity index (χ1) is 20.4. The molecule has 7 heteroatoms. The molecule has 2 spiro atoms. The molecule has 7 rings (SSSR count). The van der Waals surface area contributed by atoms with E-state index in [-0.39, 0.29) is 35.4 Å². The highest BCUT2D eigenvalue weighted by atomic mass is 16.7. The van der Waals surface area contributed by atoms with Gasteiger partial charge in [0.1, 0.15) is 0 Å². The summed E-state index contributed by atoms with van der Waals surface area (Å²) < 4.78 is 24.1. The number of fused-ring (bicyclic) bond motifs is 2. The van der Waals surface area contributed by atoms with E-state index in [2.05, 4.69) is 25.7 Å². The quantitative estimate of drug-likeness (QED) is 0.365. The van der Waals surface area contributed by atoms with Crippen LogP contribution in [0.5, 0.6) is 0 Å². The monoisotopic (exact) mass is 603 g/mol. The number of ether oxygens (including phenoxy) is 4. The summed E-state index contributed by atoms with van der Waals surface area (Å²) in [7, 11) is 1.71. The summed E-state index contributed by atoms with van der Waals surface area (Å²) in [5, 5.41) is 22.0. The zero-order valence-corrected chi connectivity index (χ0v) is 28.0. The van der Waals surface area contributed by atoms with Crippen LogP contribution in [-0.2, 0) is 18.9 Å². The van der Waals surface area contributed by atoms with Crippen LogP contribution in [0.15, 0.2) is 0 Å². The van der Waals surface area contributed by atoms with Crippen LogP contribution >= 0.6 is 0 Å². The van der Waals surface area contributed by atoms with Crippen LogP contribution in [0, 0.1) is 45.3 Å². The molecule has 0 aromatic carbocycles. The largest absolute Gasteiger partial charge is 0.393 e. The van der Waals surface area contributed by atoms with Gasteiger partial charge in [0.05, 0.1) is 56.3 Å². The lowest BCUT2D eigenvalue weighted by atomic mass is 9.46. The van der Waals surface area contributed by atoms with Crippen molar-refractivity contribution in [2.75, 3.05) is 40.0 Å². The molecular weight excluding hydrogens is 542 g/mol. The fraction of sp³-hybridized carbons (Fsp3) is 1.00. The maximum atomic E-state index is 11.5. The molecule has 7 aliphatic rings. The average molecular weight is 604 g/mol. The van der Waals surface area contributed by atoms with Crippen molar-refractivity contribution in [3.63, 3.8) is 0 Å². The second-order valence-corrected chi connectivity index (χ2v) is 17.5. The summed E-state index contributed by atoms with van der Waals surface area (Å²) >= 11 is 0. The molecule has 0 aromatic heterocycles. The van der Waals surface area contributed by atoms with Gasteiger partial charge in [-0.3, -0.25) is 4.90 Å². The van der Waals surface area contributed by atoms with Crippen LogP contribution in [0.2, 0.25) is 0 Å². The number of morpholine rings is 1. The van der Waals surface area contributed by atoms with E-state index in [0.717, 1.165) is 70.9 Å². The SMILES string of the molecule is CO[C@@H](CCC[C@H]1[C@H](O)CC2[C@@H]3CCC4C(C)(C)[C@@H](OC5CN(C6COC6)CCO5)CC[C@@]45C[C@@]35CC[C@@]21C)C(C)(C)O. The van der Waals surface area contributed by atoms with Crippen molar-refractivity contribution in [1.82, 2.24) is 4.90 Å². The van der Waals surface area contributed by atoms with Crippen molar-refractivity contribution >= 4 is 0 Å². The third kappa shape index (κ3) is 4.83. The lowest BCUT2D eigenvalue weighted by molar-refractivity contribution is -0.253. The van der Waals surface area contributed by atoms with E-state index in [1.54, 1.807) is 7.11 Å². The maximum absolute atomic E-state index is 11.5. The first-order valence-electron chi connectivity index (χ1n) is 17.9. The molecule has 0 aromatic rings. The molecule has 2 N–H and O–H groups in total. The highest BCUT2D eigenvalue weighted by Gasteiger charge is 2.80. The van der Waals surface area contributed by atoms with Gasteiger partial charge in [0, 0.05) is 13.7 Å². The Morgan fingerprint density at radius 3 is 2.51 bits per heavy atom. The van der Waals surface area contributed by atoms with Crippen molar-refractivity contribution in [3.05, 3.63) is 0 Å². The molecule has 43 heavy (non-hydrogen) atoms. The predicted octanol–water partition coefficient (Wildman–Crippen LogP) is 5.40. The predicted molar refractivity (Wildman–Crippen MR) is 165 cm³/mol. The number of hydrogen-bond acceptors (Lipinski definition) is 7. The fourth-order valence-electron chi connectivity index (χ4n) is 12.7. The summed E-state index contributed by atoms with van der Waals surface area (Å²) in [4.78, 5) is 2.52. The van der Waals surface area contributed by atoms with Gasteiger partial charge in [-0.2, -0.15) is 0 Å². The molecule has 0 radical (unpaired) electrons. The molecule has 2 aliphatic heterocycles. The molecule has 3 unspecified atom stereocenters. The minimum absolute atomic E-state index is 0.118. The zero-order chi connectivity index (χ0) is 30.4. The third-order valence-electron chi connectivity index (χ3n) is 15.0. The van der Waals surface area contributed by atoms with E-state index in [9.17, 15) is 10.2 Å². The van der Waals surface area contributed by atoms with Crippen LogP contribution in [0.3, 0.4) is 0 Å². The first kappa shape index (κ1) is 31.3. The van der Waals surface area contributed by atoms with Crippen LogP contribution < -0.4 is 0 Å². The fourth-order valence-corrected chi connectivity index (χ4v) is 12.7. The van der Waals surface area contributed by atoms with Gasteiger partial charge in [0.15, 0.2) is 6.29 Å². The summed E-state index contributed by atoms with van der Waals surface area (Å²) in [5.74, 6) is 2.49. The lowest BCUT2D eigenvalue weighted by Gasteiger charge is -2.60.